The number of aromatic amines is 2. The Balaban J connectivity index is 1.69. The van der Waals surface area contributed by atoms with Gasteiger partial charge in [-0.2, -0.15) is 5.10 Å². The van der Waals surface area contributed by atoms with E-state index in [1.54, 1.807) is 18.2 Å². The van der Waals surface area contributed by atoms with Gasteiger partial charge in [0.05, 0.1) is 21.8 Å². The van der Waals surface area contributed by atoms with Crippen molar-refractivity contribution in [2.45, 2.75) is 18.9 Å². The van der Waals surface area contributed by atoms with Gasteiger partial charge >= 0.3 is 6.09 Å². The number of nitrogens with one attached hydrogen (secondary N) is 2. The van der Waals surface area contributed by atoms with E-state index in [-0.39, 0.29) is 23.1 Å². The SMILES string of the molecule is O=C(O)N(c1nc2ccc(-c3n[nH]c(=O)c4c(F)ccc(F)c34)cc2[nH]1)C1CC1. The third-order valence-electron chi connectivity index (χ3n) is 4.93. The lowest BCUT2D eigenvalue weighted by molar-refractivity contribution is 0.201. The van der Waals surface area contributed by atoms with Crippen molar-refractivity contribution in [1.82, 2.24) is 20.2 Å². The number of amides is 1. The Morgan fingerprint density at radius 2 is 1.86 bits per heavy atom. The first-order valence-electron chi connectivity index (χ1n) is 8.82. The lowest BCUT2D eigenvalue weighted by Gasteiger charge is -2.14. The molecule has 2 heterocycles. The lowest BCUT2D eigenvalue weighted by atomic mass is 10.0. The van der Waals surface area contributed by atoms with Crippen molar-refractivity contribution in [2.24, 2.45) is 0 Å². The van der Waals surface area contributed by atoms with Crippen molar-refractivity contribution in [2.75, 3.05) is 4.90 Å². The van der Waals surface area contributed by atoms with Crippen LogP contribution >= 0.6 is 0 Å². The Morgan fingerprint density at radius 3 is 2.55 bits per heavy atom. The minimum atomic E-state index is -1.10. The largest absolute Gasteiger partial charge is 0.465 e. The average molecular weight is 397 g/mol. The highest BCUT2D eigenvalue weighted by molar-refractivity contribution is 5.97. The molecular formula is C19H13F2N5O3. The van der Waals surface area contributed by atoms with Crippen LogP contribution in [0.15, 0.2) is 35.1 Å². The van der Waals surface area contributed by atoms with E-state index in [2.05, 4.69) is 20.2 Å². The highest BCUT2D eigenvalue weighted by atomic mass is 19.1. The summed E-state index contributed by atoms with van der Waals surface area (Å²) in [5.74, 6) is -1.42. The van der Waals surface area contributed by atoms with Crippen LogP contribution in [0.3, 0.4) is 0 Å². The van der Waals surface area contributed by atoms with Crippen molar-refractivity contribution in [3.05, 3.63) is 52.3 Å². The molecule has 1 aliphatic rings. The van der Waals surface area contributed by atoms with E-state index < -0.39 is 28.7 Å². The summed E-state index contributed by atoms with van der Waals surface area (Å²) in [6, 6.07) is 6.54. The molecule has 0 unspecified atom stereocenters. The molecule has 4 aromatic rings. The monoisotopic (exact) mass is 397 g/mol. The van der Waals surface area contributed by atoms with Crippen LogP contribution in [-0.2, 0) is 0 Å². The number of hydrogen-bond donors (Lipinski definition) is 3. The predicted octanol–water partition coefficient (Wildman–Crippen LogP) is 3.39. The molecule has 1 aliphatic carbocycles. The molecule has 0 aliphatic heterocycles. The first-order chi connectivity index (χ1) is 13.9. The minimum absolute atomic E-state index is 0.0620. The third-order valence-corrected chi connectivity index (χ3v) is 4.93. The zero-order valence-corrected chi connectivity index (χ0v) is 14.7. The second kappa shape index (κ2) is 6.09. The van der Waals surface area contributed by atoms with E-state index in [1.165, 1.54) is 4.90 Å². The Bertz CT molecular complexity index is 1360. The first kappa shape index (κ1) is 17.3. The molecule has 0 spiro atoms. The number of fused-ring (bicyclic) bond motifs is 2. The van der Waals surface area contributed by atoms with Gasteiger partial charge in [-0.25, -0.2) is 28.6 Å². The standard InChI is InChI=1S/C19H13F2N5O3/c20-10-4-5-11(21)15-14(10)16(24-25-17(15)27)8-1-6-12-13(7-8)23-18(22-12)26(19(28)29)9-2-3-9/h1,4-7,9H,2-3H2,(H,22,23)(H,25,27)(H,28,29). The number of aromatic nitrogens is 4. The van der Waals surface area contributed by atoms with Gasteiger partial charge in [0.15, 0.2) is 0 Å². The van der Waals surface area contributed by atoms with Gasteiger partial charge in [0.1, 0.15) is 17.3 Å². The number of H-pyrrole nitrogens is 2. The van der Waals surface area contributed by atoms with Gasteiger partial charge in [-0.3, -0.25) is 4.79 Å². The zero-order valence-electron chi connectivity index (χ0n) is 14.7. The molecule has 5 rings (SSSR count). The number of anilines is 1. The van der Waals surface area contributed by atoms with Crippen LogP contribution in [-0.4, -0.2) is 37.4 Å². The third kappa shape index (κ3) is 2.72. The molecule has 29 heavy (non-hydrogen) atoms. The number of halogens is 2. The van der Waals surface area contributed by atoms with Crippen molar-refractivity contribution in [3.8, 4) is 11.3 Å². The van der Waals surface area contributed by atoms with Gasteiger partial charge in [0.2, 0.25) is 5.95 Å². The molecule has 1 amide bonds. The Hall–Kier alpha value is -3.82. The molecule has 8 nitrogen and oxygen atoms in total. The van der Waals surface area contributed by atoms with E-state index in [4.69, 9.17) is 0 Å². The highest BCUT2D eigenvalue weighted by Gasteiger charge is 2.35. The van der Waals surface area contributed by atoms with Crippen molar-refractivity contribution < 1.29 is 18.7 Å². The number of benzene rings is 2. The van der Waals surface area contributed by atoms with Crippen LogP contribution in [0, 0.1) is 11.6 Å². The normalized spacial score (nSPS) is 13.9. The molecular weight excluding hydrogens is 384 g/mol. The molecule has 3 N–H and O–H groups in total. The number of hydrogen-bond acceptors (Lipinski definition) is 4. The van der Waals surface area contributed by atoms with Gasteiger partial charge in [0.25, 0.3) is 5.56 Å². The van der Waals surface area contributed by atoms with Gasteiger partial charge in [-0.05, 0) is 37.1 Å². The second-order valence-corrected chi connectivity index (χ2v) is 6.86. The summed E-state index contributed by atoms with van der Waals surface area (Å²) in [6.07, 6.45) is 0.442. The Kier molecular flexibility index (Phi) is 3.63. The Morgan fingerprint density at radius 1 is 1.14 bits per heavy atom. The second-order valence-electron chi connectivity index (χ2n) is 6.86. The average Bonchev–Trinajstić information content (AvgIpc) is 3.42. The molecule has 1 fully saturated rings. The quantitative estimate of drug-likeness (QED) is 0.490. The smallest absolute Gasteiger partial charge is 0.414 e. The topological polar surface area (TPSA) is 115 Å². The van der Waals surface area contributed by atoms with Crippen molar-refractivity contribution >= 4 is 33.8 Å². The summed E-state index contributed by atoms with van der Waals surface area (Å²) in [6.45, 7) is 0. The van der Waals surface area contributed by atoms with E-state index in [0.29, 0.717) is 16.6 Å². The summed E-state index contributed by atoms with van der Waals surface area (Å²) >= 11 is 0. The summed E-state index contributed by atoms with van der Waals surface area (Å²) in [5.41, 5.74) is 0.657. The van der Waals surface area contributed by atoms with Crippen LogP contribution in [0.5, 0.6) is 0 Å². The highest BCUT2D eigenvalue weighted by Crippen LogP contribution is 2.33. The minimum Gasteiger partial charge on any atom is -0.465 e. The maximum atomic E-state index is 14.4. The summed E-state index contributed by atoms with van der Waals surface area (Å²) in [5, 5.41) is 14.9. The number of carbonyl (C=O) groups is 1. The van der Waals surface area contributed by atoms with E-state index in [0.717, 1.165) is 25.0 Å². The molecule has 0 radical (unpaired) electrons. The maximum absolute atomic E-state index is 14.4. The lowest BCUT2D eigenvalue weighted by Crippen LogP contribution is -2.32. The van der Waals surface area contributed by atoms with Crippen LogP contribution < -0.4 is 10.5 Å². The summed E-state index contributed by atoms with van der Waals surface area (Å²) < 4.78 is 28.6. The van der Waals surface area contributed by atoms with Crippen molar-refractivity contribution in [3.63, 3.8) is 0 Å². The van der Waals surface area contributed by atoms with Gasteiger partial charge in [-0.1, -0.05) is 6.07 Å². The molecule has 2 aromatic heterocycles. The van der Waals surface area contributed by atoms with Gasteiger partial charge < -0.3 is 10.1 Å². The van der Waals surface area contributed by atoms with Gasteiger partial charge in [-0.15, -0.1) is 0 Å². The number of imidazole rings is 1. The predicted molar refractivity (Wildman–Crippen MR) is 101 cm³/mol. The molecule has 146 valence electrons. The number of carboxylic acid groups (broad SMARTS) is 1. The number of nitrogens with zero attached hydrogens (tertiary/aromatic N) is 3. The molecule has 0 atom stereocenters. The van der Waals surface area contributed by atoms with Gasteiger partial charge in [0, 0.05) is 11.6 Å². The molecule has 0 saturated heterocycles. The fraction of sp³-hybridized carbons (Fsp3) is 0.158. The first-order valence-corrected chi connectivity index (χ1v) is 8.82. The van der Waals surface area contributed by atoms with Crippen LogP contribution in [0.2, 0.25) is 0 Å². The van der Waals surface area contributed by atoms with E-state index in [1.807, 2.05) is 0 Å². The van der Waals surface area contributed by atoms with Crippen LogP contribution in [0.4, 0.5) is 19.5 Å². The Labute approximate surface area is 160 Å². The maximum Gasteiger partial charge on any atom is 0.414 e. The molecule has 1 saturated carbocycles. The summed E-state index contributed by atoms with van der Waals surface area (Å²) in [4.78, 5) is 32.0. The molecule has 2 aromatic carbocycles. The molecule has 0 bridgehead atoms. The fourth-order valence-electron chi connectivity index (χ4n) is 3.44. The van der Waals surface area contributed by atoms with E-state index in [9.17, 15) is 23.5 Å². The zero-order chi connectivity index (χ0) is 20.3. The number of rotatable bonds is 3. The summed E-state index contributed by atoms with van der Waals surface area (Å²) in [7, 11) is 0. The fourth-order valence-corrected chi connectivity index (χ4v) is 3.44. The van der Waals surface area contributed by atoms with Crippen LogP contribution in [0.25, 0.3) is 33.1 Å². The van der Waals surface area contributed by atoms with E-state index >= 15 is 0 Å². The van der Waals surface area contributed by atoms with Crippen LogP contribution in [0.1, 0.15) is 12.8 Å². The van der Waals surface area contributed by atoms with Crippen molar-refractivity contribution in [1.29, 1.82) is 0 Å². The molecule has 10 heteroatoms.